The first-order valence-electron chi connectivity index (χ1n) is 8.70. The Balaban J connectivity index is 1.92. The molecule has 1 unspecified atom stereocenters. The van der Waals surface area contributed by atoms with Crippen molar-refractivity contribution in [3.05, 3.63) is 82.9 Å². The van der Waals surface area contributed by atoms with E-state index in [1.54, 1.807) is 13.2 Å². The Hall–Kier alpha value is -2.63. The Kier molecular flexibility index (Phi) is 6.49. The van der Waals surface area contributed by atoms with Gasteiger partial charge in [-0.25, -0.2) is 0 Å². The zero-order valence-electron chi connectivity index (χ0n) is 15.6. The summed E-state index contributed by atoms with van der Waals surface area (Å²) in [4.78, 5) is 14.1. The Labute approximate surface area is 174 Å². The van der Waals surface area contributed by atoms with Crippen molar-refractivity contribution in [2.75, 3.05) is 18.2 Å². The second-order valence-electron chi connectivity index (χ2n) is 6.27. The van der Waals surface area contributed by atoms with Gasteiger partial charge in [0.1, 0.15) is 11.0 Å². The van der Waals surface area contributed by atoms with Gasteiger partial charge in [-0.2, -0.15) is 0 Å². The maximum atomic E-state index is 13.2. The molecule has 0 aliphatic heterocycles. The van der Waals surface area contributed by atoms with Crippen LogP contribution in [0.25, 0.3) is 0 Å². The molecule has 3 aromatic carbocycles. The van der Waals surface area contributed by atoms with Gasteiger partial charge in [0, 0.05) is 21.7 Å². The number of anilines is 2. The SMILES string of the molecule is COc1cc(Cl)c(C)cc1NC(=O)C(Sc1cccc(N)c1)c1ccccc1. The molecule has 3 N–H and O–H groups in total. The molecule has 3 rings (SSSR count). The number of methoxy groups -OCH3 is 1. The third-order valence-electron chi connectivity index (χ3n) is 4.19. The van der Waals surface area contributed by atoms with Crippen LogP contribution >= 0.6 is 23.4 Å². The number of rotatable bonds is 6. The van der Waals surface area contributed by atoms with Crippen LogP contribution in [0, 0.1) is 6.92 Å². The predicted molar refractivity (Wildman–Crippen MR) is 117 cm³/mol. The molecule has 0 heterocycles. The summed E-state index contributed by atoms with van der Waals surface area (Å²) in [5, 5.41) is 3.12. The molecule has 0 aromatic heterocycles. The highest BCUT2D eigenvalue weighted by Crippen LogP contribution is 2.38. The predicted octanol–water partition coefficient (Wildman–Crippen LogP) is 5.71. The summed E-state index contributed by atoms with van der Waals surface area (Å²) in [7, 11) is 1.55. The smallest absolute Gasteiger partial charge is 0.242 e. The molecular weight excluding hydrogens is 392 g/mol. The third-order valence-corrected chi connectivity index (χ3v) is 5.85. The number of carbonyl (C=O) groups is 1. The molecule has 4 nitrogen and oxygen atoms in total. The highest BCUT2D eigenvalue weighted by Gasteiger charge is 2.23. The van der Waals surface area contributed by atoms with E-state index in [9.17, 15) is 4.79 Å². The molecule has 0 bridgehead atoms. The Morgan fingerprint density at radius 3 is 2.54 bits per heavy atom. The van der Waals surface area contributed by atoms with Crippen LogP contribution in [0.4, 0.5) is 11.4 Å². The standard InChI is InChI=1S/C22H21ClN2O2S/c1-14-11-19(20(27-2)13-18(14)23)25-22(26)21(15-7-4-3-5-8-15)28-17-10-6-9-16(24)12-17/h3-13,21H,24H2,1-2H3,(H,25,26). The van der Waals surface area contributed by atoms with Crippen LogP contribution in [0.15, 0.2) is 71.6 Å². The molecule has 0 spiro atoms. The fraction of sp³-hybridized carbons (Fsp3) is 0.136. The minimum Gasteiger partial charge on any atom is -0.495 e. The molecule has 0 saturated heterocycles. The van der Waals surface area contributed by atoms with Gasteiger partial charge in [0.2, 0.25) is 5.91 Å². The van der Waals surface area contributed by atoms with E-state index < -0.39 is 5.25 Å². The summed E-state index contributed by atoms with van der Waals surface area (Å²) in [6.45, 7) is 1.88. The second-order valence-corrected chi connectivity index (χ2v) is 7.86. The van der Waals surface area contributed by atoms with E-state index in [-0.39, 0.29) is 5.91 Å². The number of hydrogen-bond donors (Lipinski definition) is 2. The lowest BCUT2D eigenvalue weighted by Crippen LogP contribution is -2.19. The first kappa shape index (κ1) is 20.1. The zero-order valence-corrected chi connectivity index (χ0v) is 17.2. The van der Waals surface area contributed by atoms with E-state index in [0.717, 1.165) is 16.0 Å². The summed E-state index contributed by atoms with van der Waals surface area (Å²) < 4.78 is 5.38. The van der Waals surface area contributed by atoms with Gasteiger partial charge in [0.05, 0.1) is 12.8 Å². The van der Waals surface area contributed by atoms with Crippen molar-refractivity contribution >= 4 is 40.6 Å². The van der Waals surface area contributed by atoms with Gasteiger partial charge in [-0.3, -0.25) is 4.79 Å². The Morgan fingerprint density at radius 1 is 1.11 bits per heavy atom. The van der Waals surface area contributed by atoms with Gasteiger partial charge in [0.15, 0.2) is 0 Å². The van der Waals surface area contributed by atoms with Crippen molar-refractivity contribution in [1.82, 2.24) is 0 Å². The summed E-state index contributed by atoms with van der Waals surface area (Å²) >= 11 is 7.62. The van der Waals surface area contributed by atoms with Crippen LogP contribution in [-0.4, -0.2) is 13.0 Å². The molecule has 28 heavy (non-hydrogen) atoms. The quantitative estimate of drug-likeness (QED) is 0.402. The molecule has 0 saturated carbocycles. The summed E-state index contributed by atoms with van der Waals surface area (Å²) in [5.74, 6) is 0.364. The van der Waals surface area contributed by atoms with Crippen molar-refractivity contribution in [1.29, 1.82) is 0 Å². The number of nitrogens with one attached hydrogen (secondary N) is 1. The fourth-order valence-electron chi connectivity index (χ4n) is 2.75. The van der Waals surface area contributed by atoms with Crippen LogP contribution in [0.1, 0.15) is 16.4 Å². The number of halogens is 1. The third kappa shape index (κ3) is 4.80. The fourth-order valence-corrected chi connectivity index (χ4v) is 4.00. The van der Waals surface area contributed by atoms with Gasteiger partial charge in [0.25, 0.3) is 0 Å². The largest absolute Gasteiger partial charge is 0.495 e. The highest BCUT2D eigenvalue weighted by molar-refractivity contribution is 8.00. The van der Waals surface area contributed by atoms with E-state index in [4.69, 9.17) is 22.1 Å². The number of nitrogens with two attached hydrogens (primary N) is 1. The average molecular weight is 413 g/mol. The number of amides is 1. The molecular formula is C22H21ClN2O2S. The van der Waals surface area contributed by atoms with Gasteiger partial charge in [-0.15, -0.1) is 11.8 Å². The molecule has 0 aliphatic carbocycles. The average Bonchev–Trinajstić information content (AvgIpc) is 2.69. The van der Waals surface area contributed by atoms with Crippen LogP contribution in [-0.2, 0) is 4.79 Å². The molecule has 0 aliphatic rings. The first-order chi connectivity index (χ1) is 13.5. The van der Waals surface area contributed by atoms with Gasteiger partial charge >= 0.3 is 0 Å². The molecule has 6 heteroatoms. The van der Waals surface area contributed by atoms with E-state index in [0.29, 0.717) is 22.1 Å². The van der Waals surface area contributed by atoms with Crippen molar-refractivity contribution in [3.8, 4) is 5.75 Å². The van der Waals surface area contributed by atoms with E-state index in [2.05, 4.69) is 5.32 Å². The van der Waals surface area contributed by atoms with Gasteiger partial charge in [-0.05, 0) is 42.3 Å². The molecule has 0 fully saturated rings. The molecule has 1 atom stereocenters. The maximum absolute atomic E-state index is 13.2. The Morgan fingerprint density at radius 2 is 1.86 bits per heavy atom. The number of benzene rings is 3. The highest BCUT2D eigenvalue weighted by atomic mass is 35.5. The van der Waals surface area contributed by atoms with Gasteiger partial charge in [-0.1, -0.05) is 48.0 Å². The monoisotopic (exact) mass is 412 g/mol. The minimum absolute atomic E-state index is 0.154. The lowest BCUT2D eigenvalue weighted by molar-refractivity contribution is -0.115. The minimum atomic E-state index is -0.455. The molecule has 1 amide bonds. The summed E-state index contributed by atoms with van der Waals surface area (Å²) in [6, 6.07) is 20.7. The normalized spacial score (nSPS) is 11.7. The number of hydrogen-bond acceptors (Lipinski definition) is 4. The topological polar surface area (TPSA) is 64.3 Å². The van der Waals surface area contributed by atoms with Crippen molar-refractivity contribution in [3.63, 3.8) is 0 Å². The zero-order chi connectivity index (χ0) is 20.1. The molecule has 3 aromatic rings. The van der Waals surface area contributed by atoms with E-state index in [1.807, 2.05) is 67.6 Å². The summed E-state index contributed by atoms with van der Waals surface area (Å²) in [5.41, 5.74) is 8.90. The Bertz CT molecular complexity index is 980. The van der Waals surface area contributed by atoms with Crippen LogP contribution < -0.4 is 15.8 Å². The van der Waals surface area contributed by atoms with Gasteiger partial charge < -0.3 is 15.8 Å². The second kappa shape index (κ2) is 9.04. The number of thioether (sulfide) groups is 1. The number of carbonyl (C=O) groups excluding carboxylic acids is 1. The van der Waals surface area contributed by atoms with Crippen LogP contribution in [0.5, 0.6) is 5.75 Å². The molecule has 0 radical (unpaired) electrons. The maximum Gasteiger partial charge on any atom is 0.242 e. The lowest BCUT2D eigenvalue weighted by atomic mass is 10.1. The number of ether oxygens (including phenoxy) is 1. The van der Waals surface area contributed by atoms with Crippen LogP contribution in [0.3, 0.4) is 0 Å². The van der Waals surface area contributed by atoms with Crippen molar-refractivity contribution in [2.24, 2.45) is 0 Å². The van der Waals surface area contributed by atoms with E-state index in [1.165, 1.54) is 11.8 Å². The van der Waals surface area contributed by atoms with Crippen LogP contribution in [0.2, 0.25) is 5.02 Å². The van der Waals surface area contributed by atoms with Crippen molar-refractivity contribution < 1.29 is 9.53 Å². The molecule has 144 valence electrons. The first-order valence-corrected chi connectivity index (χ1v) is 9.96. The van der Waals surface area contributed by atoms with Crippen molar-refractivity contribution in [2.45, 2.75) is 17.1 Å². The number of aryl methyl sites for hydroxylation is 1. The number of nitrogen functional groups attached to an aromatic ring is 1. The lowest BCUT2D eigenvalue weighted by Gasteiger charge is -2.19. The summed E-state index contributed by atoms with van der Waals surface area (Å²) in [6.07, 6.45) is 0. The van der Waals surface area contributed by atoms with E-state index >= 15 is 0 Å².